The van der Waals surface area contributed by atoms with Crippen LogP contribution in [0.15, 0.2) is 42.5 Å². The normalized spacial score (nSPS) is 12.8. The average Bonchev–Trinajstić information content (AvgIpc) is 2.90. The molecule has 0 saturated carbocycles. The Balaban J connectivity index is 1.62. The molecule has 0 atom stereocenters. The van der Waals surface area contributed by atoms with E-state index in [1.54, 1.807) is 42.5 Å². The minimum atomic E-state index is -0.451. The van der Waals surface area contributed by atoms with Gasteiger partial charge in [-0.1, -0.05) is 12.1 Å². The van der Waals surface area contributed by atoms with Gasteiger partial charge in [0.1, 0.15) is 6.61 Å². The van der Waals surface area contributed by atoms with E-state index in [4.69, 9.17) is 14.2 Å². The lowest BCUT2D eigenvalue weighted by molar-refractivity contribution is 0.0471. The number of ether oxygens (including phenoxy) is 4. The fourth-order valence-electron chi connectivity index (χ4n) is 2.38. The minimum absolute atomic E-state index is 0.106. The summed E-state index contributed by atoms with van der Waals surface area (Å²) < 4.78 is 21.1. The summed E-state index contributed by atoms with van der Waals surface area (Å²) in [6, 6.07) is 11.7. The number of esters is 2. The molecule has 0 spiro atoms. The maximum absolute atomic E-state index is 12.2. The van der Waals surface area contributed by atoms with Gasteiger partial charge in [-0.3, -0.25) is 0 Å². The molecular weight excluding hydrogens is 324 g/mol. The van der Waals surface area contributed by atoms with Gasteiger partial charge in [-0.05, 0) is 35.9 Å². The SMILES string of the molecule is COC(=O)c1ccc(COC(=O)c2ccc3c(c2)OCCCO3)cc1. The summed E-state index contributed by atoms with van der Waals surface area (Å²) in [7, 11) is 1.33. The van der Waals surface area contributed by atoms with Crippen LogP contribution in [0.4, 0.5) is 0 Å². The Morgan fingerprint density at radius 1 is 0.920 bits per heavy atom. The number of carbonyl (C=O) groups excluding carboxylic acids is 2. The van der Waals surface area contributed by atoms with Crippen molar-refractivity contribution < 1.29 is 28.5 Å². The molecular formula is C19H18O6. The standard InChI is InChI=1S/C19H18O6/c1-22-18(20)14-5-3-13(4-6-14)12-25-19(21)15-7-8-16-17(11-15)24-10-2-9-23-16/h3-8,11H,2,9-10,12H2,1H3. The summed E-state index contributed by atoms with van der Waals surface area (Å²) in [5.74, 6) is 0.324. The first-order valence-electron chi connectivity index (χ1n) is 7.91. The van der Waals surface area contributed by atoms with Crippen LogP contribution in [0.25, 0.3) is 0 Å². The summed E-state index contributed by atoms with van der Waals surface area (Å²) in [4.78, 5) is 23.6. The first kappa shape index (κ1) is 16.8. The molecule has 1 aliphatic heterocycles. The zero-order chi connectivity index (χ0) is 17.6. The molecule has 3 rings (SSSR count). The Labute approximate surface area is 145 Å². The van der Waals surface area contributed by atoms with Crippen molar-refractivity contribution in [2.24, 2.45) is 0 Å². The summed E-state index contributed by atoms with van der Waals surface area (Å²) >= 11 is 0. The van der Waals surface area contributed by atoms with Gasteiger partial charge in [0, 0.05) is 6.42 Å². The highest BCUT2D eigenvalue weighted by molar-refractivity contribution is 5.90. The van der Waals surface area contributed by atoms with Gasteiger partial charge in [-0.2, -0.15) is 0 Å². The van der Waals surface area contributed by atoms with E-state index < -0.39 is 11.9 Å². The van der Waals surface area contributed by atoms with E-state index in [2.05, 4.69) is 4.74 Å². The van der Waals surface area contributed by atoms with Gasteiger partial charge in [0.15, 0.2) is 11.5 Å². The molecule has 0 unspecified atom stereocenters. The minimum Gasteiger partial charge on any atom is -0.490 e. The van der Waals surface area contributed by atoms with Crippen molar-refractivity contribution in [2.75, 3.05) is 20.3 Å². The quantitative estimate of drug-likeness (QED) is 0.796. The van der Waals surface area contributed by atoms with Crippen molar-refractivity contribution in [3.8, 4) is 11.5 Å². The molecule has 0 N–H and O–H groups in total. The summed E-state index contributed by atoms with van der Waals surface area (Å²) in [6.45, 7) is 1.26. The molecule has 2 aromatic rings. The molecule has 6 heteroatoms. The monoisotopic (exact) mass is 342 g/mol. The fourth-order valence-corrected chi connectivity index (χ4v) is 2.38. The lowest BCUT2D eigenvalue weighted by Gasteiger charge is -2.09. The number of benzene rings is 2. The Morgan fingerprint density at radius 2 is 1.60 bits per heavy atom. The van der Waals surface area contributed by atoms with Gasteiger partial charge >= 0.3 is 11.9 Å². The van der Waals surface area contributed by atoms with Crippen molar-refractivity contribution in [2.45, 2.75) is 13.0 Å². The fraction of sp³-hybridized carbons (Fsp3) is 0.263. The first-order chi connectivity index (χ1) is 12.2. The van der Waals surface area contributed by atoms with Crippen LogP contribution in [0.1, 0.15) is 32.7 Å². The molecule has 1 heterocycles. The molecule has 2 aromatic carbocycles. The third-order valence-electron chi connectivity index (χ3n) is 3.73. The number of carbonyl (C=O) groups is 2. The number of fused-ring (bicyclic) bond motifs is 1. The van der Waals surface area contributed by atoms with Crippen LogP contribution in [0.2, 0.25) is 0 Å². The van der Waals surface area contributed by atoms with Gasteiger partial charge in [0.05, 0.1) is 31.5 Å². The Kier molecular flexibility index (Phi) is 5.18. The van der Waals surface area contributed by atoms with Crippen LogP contribution in [0.3, 0.4) is 0 Å². The molecule has 0 amide bonds. The van der Waals surface area contributed by atoms with Crippen LogP contribution < -0.4 is 9.47 Å². The van der Waals surface area contributed by atoms with Crippen molar-refractivity contribution in [1.82, 2.24) is 0 Å². The van der Waals surface area contributed by atoms with E-state index >= 15 is 0 Å². The Hall–Kier alpha value is -3.02. The van der Waals surface area contributed by atoms with E-state index in [1.165, 1.54) is 7.11 Å². The highest BCUT2D eigenvalue weighted by Crippen LogP contribution is 2.30. The van der Waals surface area contributed by atoms with Crippen molar-refractivity contribution in [1.29, 1.82) is 0 Å². The molecule has 25 heavy (non-hydrogen) atoms. The highest BCUT2D eigenvalue weighted by Gasteiger charge is 2.15. The summed E-state index contributed by atoms with van der Waals surface area (Å²) in [6.07, 6.45) is 0.802. The number of rotatable bonds is 4. The first-order valence-corrected chi connectivity index (χ1v) is 7.91. The maximum Gasteiger partial charge on any atom is 0.338 e. The van der Waals surface area contributed by atoms with Crippen molar-refractivity contribution >= 4 is 11.9 Å². The van der Waals surface area contributed by atoms with E-state index in [9.17, 15) is 9.59 Å². The third kappa shape index (κ3) is 4.09. The number of methoxy groups -OCH3 is 1. The second-order valence-corrected chi connectivity index (χ2v) is 5.48. The Morgan fingerprint density at radius 3 is 2.32 bits per heavy atom. The van der Waals surface area contributed by atoms with Crippen molar-refractivity contribution in [3.05, 3.63) is 59.2 Å². The molecule has 0 saturated heterocycles. The largest absolute Gasteiger partial charge is 0.490 e. The zero-order valence-electron chi connectivity index (χ0n) is 13.8. The van der Waals surface area contributed by atoms with Crippen LogP contribution in [-0.2, 0) is 16.1 Å². The van der Waals surface area contributed by atoms with E-state index in [0.717, 1.165) is 12.0 Å². The molecule has 0 radical (unpaired) electrons. The van der Waals surface area contributed by atoms with Gasteiger partial charge in [0.25, 0.3) is 0 Å². The van der Waals surface area contributed by atoms with E-state index in [0.29, 0.717) is 35.8 Å². The lowest BCUT2D eigenvalue weighted by atomic mass is 10.1. The molecule has 130 valence electrons. The smallest absolute Gasteiger partial charge is 0.338 e. The Bertz CT molecular complexity index is 766. The average molecular weight is 342 g/mol. The second kappa shape index (κ2) is 7.70. The summed E-state index contributed by atoms with van der Waals surface area (Å²) in [5, 5.41) is 0. The molecule has 0 fully saturated rings. The van der Waals surface area contributed by atoms with Gasteiger partial charge in [-0.15, -0.1) is 0 Å². The van der Waals surface area contributed by atoms with Crippen LogP contribution in [0, 0.1) is 0 Å². The molecule has 0 bridgehead atoms. The zero-order valence-corrected chi connectivity index (χ0v) is 13.8. The second-order valence-electron chi connectivity index (χ2n) is 5.48. The number of hydrogen-bond donors (Lipinski definition) is 0. The van der Waals surface area contributed by atoms with Gasteiger partial charge < -0.3 is 18.9 Å². The maximum atomic E-state index is 12.2. The highest BCUT2D eigenvalue weighted by atomic mass is 16.5. The van der Waals surface area contributed by atoms with Gasteiger partial charge in [0.2, 0.25) is 0 Å². The van der Waals surface area contributed by atoms with Gasteiger partial charge in [-0.25, -0.2) is 9.59 Å². The topological polar surface area (TPSA) is 71.1 Å². The third-order valence-corrected chi connectivity index (χ3v) is 3.73. The van der Waals surface area contributed by atoms with Crippen LogP contribution in [-0.4, -0.2) is 32.3 Å². The van der Waals surface area contributed by atoms with Crippen LogP contribution >= 0.6 is 0 Å². The molecule has 1 aliphatic rings. The molecule has 0 aromatic heterocycles. The molecule has 6 nitrogen and oxygen atoms in total. The van der Waals surface area contributed by atoms with Crippen LogP contribution in [0.5, 0.6) is 11.5 Å². The summed E-state index contributed by atoms with van der Waals surface area (Å²) in [5.41, 5.74) is 1.62. The number of hydrogen-bond acceptors (Lipinski definition) is 6. The lowest BCUT2D eigenvalue weighted by Crippen LogP contribution is -2.06. The van der Waals surface area contributed by atoms with E-state index in [1.807, 2.05) is 0 Å². The molecule has 0 aliphatic carbocycles. The van der Waals surface area contributed by atoms with E-state index in [-0.39, 0.29) is 6.61 Å². The predicted octanol–water partition coefficient (Wildman–Crippen LogP) is 2.99. The predicted molar refractivity (Wildman–Crippen MR) is 89.0 cm³/mol. The van der Waals surface area contributed by atoms with Crippen molar-refractivity contribution in [3.63, 3.8) is 0 Å².